The number of H-pyrrole nitrogens is 1. The molecule has 0 atom stereocenters. The van der Waals surface area contributed by atoms with Crippen LogP contribution in [0.15, 0.2) is 66.9 Å². The number of hydrogen-bond donors (Lipinski definition) is 1. The van der Waals surface area contributed by atoms with Gasteiger partial charge in [-0.05, 0) is 0 Å². The van der Waals surface area contributed by atoms with E-state index in [0.717, 1.165) is 5.69 Å². The second-order valence-corrected chi connectivity index (χ2v) is 6.23. The second kappa shape index (κ2) is 5.21. The first kappa shape index (κ1) is 11.3. The summed E-state index contributed by atoms with van der Waals surface area (Å²) >= 11 is 0.291. The normalized spacial score (nSPS) is 10.4. The van der Waals surface area contributed by atoms with Crippen molar-refractivity contribution in [2.45, 2.75) is 0 Å². The van der Waals surface area contributed by atoms with Crippen molar-refractivity contribution in [3.8, 4) is 11.3 Å². The fourth-order valence-corrected chi connectivity index (χ4v) is 3.71. The molecule has 0 bridgehead atoms. The molecule has 1 N–H and O–H groups in total. The summed E-state index contributed by atoms with van der Waals surface area (Å²) in [4.78, 5) is 0. The Kier molecular flexibility index (Phi) is 3.26. The Hall–Kier alpha value is -1.83. The van der Waals surface area contributed by atoms with Crippen LogP contribution >= 0.6 is 0 Å². The Balaban J connectivity index is 1.93. The molecular formula is C15H12N2Se. The van der Waals surface area contributed by atoms with Crippen LogP contribution in [0.1, 0.15) is 0 Å². The van der Waals surface area contributed by atoms with Crippen molar-refractivity contribution >= 4 is 23.9 Å². The predicted molar refractivity (Wildman–Crippen MR) is 75.5 cm³/mol. The third-order valence-electron chi connectivity index (χ3n) is 2.64. The van der Waals surface area contributed by atoms with Gasteiger partial charge in [-0.25, -0.2) is 0 Å². The SMILES string of the molecule is c1ccc([Se]c2cn[nH]c2-c2ccccc2)cc1. The van der Waals surface area contributed by atoms with Crippen molar-refractivity contribution in [1.29, 1.82) is 0 Å². The summed E-state index contributed by atoms with van der Waals surface area (Å²) in [6.45, 7) is 0. The first-order valence-electron chi connectivity index (χ1n) is 5.75. The van der Waals surface area contributed by atoms with Crippen LogP contribution in [-0.4, -0.2) is 25.2 Å². The van der Waals surface area contributed by atoms with Crippen molar-refractivity contribution in [2.24, 2.45) is 0 Å². The number of hydrogen-bond acceptors (Lipinski definition) is 1. The monoisotopic (exact) mass is 300 g/mol. The quantitative estimate of drug-likeness (QED) is 0.733. The number of aromatic amines is 1. The molecule has 0 amide bonds. The molecular weight excluding hydrogens is 287 g/mol. The van der Waals surface area contributed by atoms with E-state index in [1.54, 1.807) is 0 Å². The second-order valence-electron chi connectivity index (χ2n) is 3.89. The summed E-state index contributed by atoms with van der Waals surface area (Å²) in [7, 11) is 0. The van der Waals surface area contributed by atoms with E-state index in [1.807, 2.05) is 18.3 Å². The van der Waals surface area contributed by atoms with E-state index in [-0.39, 0.29) is 0 Å². The Labute approximate surface area is 112 Å². The summed E-state index contributed by atoms with van der Waals surface area (Å²) in [5.41, 5.74) is 2.34. The maximum absolute atomic E-state index is 4.19. The fraction of sp³-hybridized carbons (Fsp3) is 0. The fourth-order valence-electron chi connectivity index (χ4n) is 1.78. The third-order valence-corrected chi connectivity index (χ3v) is 4.81. The van der Waals surface area contributed by atoms with E-state index in [2.05, 4.69) is 58.7 Å². The molecule has 3 rings (SSSR count). The number of nitrogens with one attached hydrogen (secondary N) is 1. The van der Waals surface area contributed by atoms with Crippen LogP contribution in [0.25, 0.3) is 11.3 Å². The van der Waals surface area contributed by atoms with Crippen LogP contribution < -0.4 is 8.92 Å². The molecule has 0 spiro atoms. The molecule has 0 aliphatic heterocycles. The van der Waals surface area contributed by atoms with Crippen molar-refractivity contribution < 1.29 is 0 Å². The molecule has 0 radical (unpaired) electrons. The average molecular weight is 299 g/mol. The zero-order chi connectivity index (χ0) is 12.2. The minimum absolute atomic E-state index is 0.291. The zero-order valence-electron chi connectivity index (χ0n) is 9.71. The molecule has 0 unspecified atom stereocenters. The first-order valence-corrected chi connectivity index (χ1v) is 7.46. The van der Waals surface area contributed by atoms with Crippen LogP contribution in [0.5, 0.6) is 0 Å². The molecule has 3 heteroatoms. The van der Waals surface area contributed by atoms with Crippen LogP contribution in [0.3, 0.4) is 0 Å². The molecule has 1 aromatic heterocycles. The third kappa shape index (κ3) is 2.37. The number of benzene rings is 2. The molecule has 0 aliphatic carbocycles. The van der Waals surface area contributed by atoms with Gasteiger partial charge >= 0.3 is 112 Å². The van der Waals surface area contributed by atoms with Crippen molar-refractivity contribution in [1.82, 2.24) is 10.2 Å². The van der Waals surface area contributed by atoms with E-state index >= 15 is 0 Å². The standard InChI is InChI=1S/C15H12N2Se/c1-3-7-12(8-4-1)15-14(11-16-17-15)18-13-9-5-2-6-10-13/h1-11H,(H,16,17). The van der Waals surface area contributed by atoms with Gasteiger partial charge in [0.05, 0.1) is 0 Å². The van der Waals surface area contributed by atoms with Crippen LogP contribution in [0, 0.1) is 0 Å². The van der Waals surface area contributed by atoms with Crippen molar-refractivity contribution in [3.05, 3.63) is 66.9 Å². The maximum atomic E-state index is 4.19. The van der Waals surface area contributed by atoms with Gasteiger partial charge in [0.15, 0.2) is 0 Å². The molecule has 0 aliphatic rings. The summed E-state index contributed by atoms with van der Waals surface area (Å²) in [5.74, 6) is 0. The molecule has 88 valence electrons. The summed E-state index contributed by atoms with van der Waals surface area (Å²) < 4.78 is 2.66. The summed E-state index contributed by atoms with van der Waals surface area (Å²) in [5, 5.41) is 7.29. The number of aromatic nitrogens is 2. The Morgan fingerprint density at radius 2 is 1.50 bits per heavy atom. The van der Waals surface area contributed by atoms with Gasteiger partial charge in [0.2, 0.25) is 0 Å². The Morgan fingerprint density at radius 3 is 2.22 bits per heavy atom. The predicted octanol–water partition coefficient (Wildman–Crippen LogP) is 1.73. The van der Waals surface area contributed by atoms with Gasteiger partial charge in [0, 0.05) is 0 Å². The molecule has 2 aromatic carbocycles. The van der Waals surface area contributed by atoms with Gasteiger partial charge in [-0.15, -0.1) is 0 Å². The van der Waals surface area contributed by atoms with Gasteiger partial charge in [0.1, 0.15) is 0 Å². The van der Waals surface area contributed by atoms with Crippen LogP contribution in [-0.2, 0) is 0 Å². The van der Waals surface area contributed by atoms with Gasteiger partial charge in [0.25, 0.3) is 0 Å². The van der Waals surface area contributed by atoms with Crippen LogP contribution in [0.4, 0.5) is 0 Å². The molecule has 0 saturated heterocycles. The minimum atomic E-state index is 0.291. The summed E-state index contributed by atoms with van der Waals surface area (Å²) in [6, 6.07) is 20.9. The first-order chi connectivity index (χ1) is 8.93. The number of nitrogens with zero attached hydrogens (tertiary/aromatic N) is 1. The van der Waals surface area contributed by atoms with Gasteiger partial charge < -0.3 is 0 Å². The summed E-state index contributed by atoms with van der Waals surface area (Å²) in [6.07, 6.45) is 1.94. The molecule has 0 saturated carbocycles. The van der Waals surface area contributed by atoms with Gasteiger partial charge in [-0.3, -0.25) is 0 Å². The zero-order valence-corrected chi connectivity index (χ0v) is 11.4. The van der Waals surface area contributed by atoms with E-state index < -0.39 is 0 Å². The van der Waals surface area contributed by atoms with Crippen molar-refractivity contribution in [2.75, 3.05) is 0 Å². The average Bonchev–Trinajstić information content (AvgIpc) is 2.89. The Bertz CT molecular complexity index is 617. The molecule has 0 fully saturated rings. The Morgan fingerprint density at radius 1 is 0.833 bits per heavy atom. The molecule has 3 aromatic rings. The van der Waals surface area contributed by atoms with E-state index in [9.17, 15) is 0 Å². The van der Waals surface area contributed by atoms with E-state index in [0.29, 0.717) is 15.0 Å². The van der Waals surface area contributed by atoms with Crippen LogP contribution in [0.2, 0.25) is 0 Å². The molecule has 2 nitrogen and oxygen atoms in total. The topological polar surface area (TPSA) is 28.7 Å². The molecule has 18 heavy (non-hydrogen) atoms. The number of rotatable bonds is 3. The molecule has 1 heterocycles. The van der Waals surface area contributed by atoms with Gasteiger partial charge in [-0.2, -0.15) is 0 Å². The van der Waals surface area contributed by atoms with E-state index in [4.69, 9.17) is 0 Å². The van der Waals surface area contributed by atoms with E-state index in [1.165, 1.54) is 14.5 Å². The van der Waals surface area contributed by atoms with Crippen molar-refractivity contribution in [3.63, 3.8) is 0 Å². The van der Waals surface area contributed by atoms with Gasteiger partial charge in [-0.1, -0.05) is 0 Å².